The lowest BCUT2D eigenvalue weighted by Gasteiger charge is -2.04. The molecule has 3 nitrogen and oxygen atoms in total. The molecule has 0 atom stereocenters. The van der Waals surface area contributed by atoms with Gasteiger partial charge in [0.15, 0.2) is 18.2 Å². The Bertz CT molecular complexity index is 798. The van der Waals surface area contributed by atoms with E-state index in [2.05, 4.69) is 6.92 Å². The van der Waals surface area contributed by atoms with E-state index in [1.807, 2.05) is 59.4 Å². The van der Waals surface area contributed by atoms with Gasteiger partial charge < -0.3 is 0 Å². The van der Waals surface area contributed by atoms with Crippen molar-refractivity contribution >= 4 is 11.6 Å². The first kappa shape index (κ1) is 28.0. The first-order valence-electron chi connectivity index (χ1n) is 13.8. The number of carbonyl (C=O) groups excluding carboxylic acids is 2. The number of unbranched alkanes of at least 4 members (excludes halogenated alkanes) is 14. The van der Waals surface area contributed by atoms with Gasteiger partial charge in [0.1, 0.15) is 0 Å². The maximum Gasteiger partial charge on any atom is 0.227 e. The Kier molecular flexibility index (Phi) is 14.9. The Morgan fingerprint density at radius 3 is 1.50 bits per heavy atom. The summed E-state index contributed by atoms with van der Waals surface area (Å²) in [5.74, 6) is 0.277. The summed E-state index contributed by atoms with van der Waals surface area (Å²) >= 11 is 0. The van der Waals surface area contributed by atoms with Crippen LogP contribution in [0.2, 0.25) is 0 Å². The summed E-state index contributed by atoms with van der Waals surface area (Å²) in [5, 5.41) is 0. The highest BCUT2D eigenvalue weighted by Gasteiger charge is 2.13. The van der Waals surface area contributed by atoms with Crippen LogP contribution in [-0.4, -0.2) is 11.6 Å². The van der Waals surface area contributed by atoms with Gasteiger partial charge in [0.05, 0.1) is 0 Å². The van der Waals surface area contributed by atoms with Gasteiger partial charge in [-0.15, -0.1) is 0 Å². The third-order valence-electron chi connectivity index (χ3n) is 6.64. The van der Waals surface area contributed by atoms with E-state index in [0.29, 0.717) is 12.0 Å². The summed E-state index contributed by atoms with van der Waals surface area (Å²) in [6.45, 7) is 2.57. The number of benzene rings is 1. The minimum atomic E-state index is 0.0717. The number of carbonyl (C=O) groups is 2. The van der Waals surface area contributed by atoms with Gasteiger partial charge >= 0.3 is 0 Å². The Labute approximate surface area is 208 Å². The van der Waals surface area contributed by atoms with Crippen LogP contribution in [0, 0.1) is 0 Å². The molecule has 0 spiro atoms. The highest BCUT2D eigenvalue weighted by atomic mass is 16.1. The van der Waals surface area contributed by atoms with Crippen LogP contribution in [0.15, 0.2) is 54.9 Å². The fourth-order valence-electron chi connectivity index (χ4n) is 4.43. The van der Waals surface area contributed by atoms with Crippen molar-refractivity contribution in [3.63, 3.8) is 0 Å². The lowest BCUT2D eigenvalue weighted by molar-refractivity contribution is -0.683. The predicted molar refractivity (Wildman–Crippen MR) is 141 cm³/mol. The third kappa shape index (κ3) is 12.3. The molecule has 0 N–H and O–H groups in total. The SMILES string of the molecule is CCCCCCCCCCCCCCCCCC(=O)c1cc[n+](CC(=O)c2ccccc2)cc1. The summed E-state index contributed by atoms with van der Waals surface area (Å²) < 4.78 is 1.83. The normalized spacial score (nSPS) is 11.0. The number of hydrogen-bond acceptors (Lipinski definition) is 2. The summed E-state index contributed by atoms with van der Waals surface area (Å²) in [4.78, 5) is 24.8. The second-order valence-corrected chi connectivity index (χ2v) is 9.67. The predicted octanol–water partition coefficient (Wildman–Crippen LogP) is 8.30. The topological polar surface area (TPSA) is 38.0 Å². The molecule has 0 amide bonds. The molecule has 1 aromatic heterocycles. The van der Waals surface area contributed by atoms with Crippen molar-refractivity contribution in [2.75, 3.05) is 0 Å². The Morgan fingerprint density at radius 1 is 0.559 bits per heavy atom. The Hall–Kier alpha value is -2.29. The molecule has 3 heteroatoms. The van der Waals surface area contributed by atoms with Crippen LogP contribution in [0.5, 0.6) is 0 Å². The molecule has 0 aliphatic rings. The van der Waals surface area contributed by atoms with Crippen LogP contribution in [0.3, 0.4) is 0 Å². The van der Waals surface area contributed by atoms with E-state index in [-0.39, 0.29) is 18.1 Å². The summed E-state index contributed by atoms with van der Waals surface area (Å²) in [6.07, 6.45) is 24.3. The molecule has 0 saturated carbocycles. The molecular weight excluding hydrogens is 418 g/mol. The first-order chi connectivity index (χ1) is 16.7. The molecule has 0 radical (unpaired) electrons. The molecule has 0 fully saturated rings. The average molecular weight is 465 g/mol. The van der Waals surface area contributed by atoms with E-state index in [0.717, 1.165) is 18.4 Å². The van der Waals surface area contributed by atoms with Gasteiger partial charge in [0.2, 0.25) is 12.3 Å². The van der Waals surface area contributed by atoms with Crippen molar-refractivity contribution in [3.05, 3.63) is 66.0 Å². The van der Waals surface area contributed by atoms with Crippen molar-refractivity contribution in [3.8, 4) is 0 Å². The van der Waals surface area contributed by atoms with Crippen molar-refractivity contribution in [1.82, 2.24) is 0 Å². The second-order valence-electron chi connectivity index (χ2n) is 9.67. The molecule has 0 saturated heterocycles. The van der Waals surface area contributed by atoms with Crippen molar-refractivity contribution < 1.29 is 14.2 Å². The van der Waals surface area contributed by atoms with Crippen LogP contribution in [0.1, 0.15) is 130 Å². The molecule has 186 valence electrons. The molecule has 0 bridgehead atoms. The number of aromatic nitrogens is 1. The molecule has 1 heterocycles. The van der Waals surface area contributed by atoms with E-state index in [9.17, 15) is 9.59 Å². The van der Waals surface area contributed by atoms with E-state index in [1.165, 1.54) is 83.5 Å². The van der Waals surface area contributed by atoms with E-state index >= 15 is 0 Å². The van der Waals surface area contributed by atoms with E-state index in [4.69, 9.17) is 0 Å². The maximum atomic E-state index is 12.5. The number of rotatable bonds is 20. The van der Waals surface area contributed by atoms with Gasteiger partial charge in [-0.3, -0.25) is 9.59 Å². The number of ketones is 2. The quantitative estimate of drug-likeness (QED) is 0.112. The van der Waals surface area contributed by atoms with Crippen LogP contribution in [-0.2, 0) is 6.54 Å². The number of hydrogen-bond donors (Lipinski definition) is 0. The zero-order valence-corrected chi connectivity index (χ0v) is 21.5. The van der Waals surface area contributed by atoms with Crippen molar-refractivity contribution in [2.24, 2.45) is 0 Å². The summed E-state index contributed by atoms with van der Waals surface area (Å²) in [5.41, 5.74) is 1.46. The summed E-state index contributed by atoms with van der Waals surface area (Å²) in [6, 6.07) is 13.0. The zero-order valence-electron chi connectivity index (χ0n) is 21.5. The van der Waals surface area contributed by atoms with Gasteiger partial charge in [-0.2, -0.15) is 4.57 Å². The van der Waals surface area contributed by atoms with Gasteiger partial charge in [0, 0.05) is 29.7 Å². The fourth-order valence-corrected chi connectivity index (χ4v) is 4.43. The fraction of sp³-hybridized carbons (Fsp3) is 0.581. The van der Waals surface area contributed by atoms with Gasteiger partial charge in [-0.1, -0.05) is 127 Å². The smallest absolute Gasteiger partial charge is 0.227 e. The van der Waals surface area contributed by atoms with Gasteiger partial charge in [0.25, 0.3) is 0 Å². The maximum absolute atomic E-state index is 12.5. The third-order valence-corrected chi connectivity index (χ3v) is 6.64. The lowest BCUT2D eigenvalue weighted by atomic mass is 10.0. The first-order valence-corrected chi connectivity index (χ1v) is 13.8. The molecule has 2 rings (SSSR count). The number of pyridine rings is 1. The van der Waals surface area contributed by atoms with Crippen molar-refractivity contribution in [1.29, 1.82) is 0 Å². The van der Waals surface area contributed by atoms with Crippen molar-refractivity contribution in [2.45, 2.75) is 116 Å². The lowest BCUT2D eigenvalue weighted by Crippen LogP contribution is -2.37. The second kappa shape index (κ2) is 18.1. The van der Waals surface area contributed by atoms with E-state index in [1.54, 1.807) is 0 Å². The minimum absolute atomic E-state index is 0.0717. The molecule has 1 aromatic carbocycles. The van der Waals surface area contributed by atoms with Crippen LogP contribution in [0.4, 0.5) is 0 Å². The molecule has 0 aliphatic carbocycles. The minimum Gasteiger partial charge on any atom is -0.294 e. The van der Waals surface area contributed by atoms with Gasteiger partial charge in [-0.05, 0) is 6.42 Å². The molecule has 0 aliphatic heterocycles. The highest BCUT2D eigenvalue weighted by Crippen LogP contribution is 2.14. The van der Waals surface area contributed by atoms with Crippen LogP contribution < -0.4 is 4.57 Å². The van der Waals surface area contributed by atoms with Crippen LogP contribution in [0.25, 0.3) is 0 Å². The highest BCUT2D eigenvalue weighted by molar-refractivity contribution is 5.96. The molecule has 0 unspecified atom stereocenters. The van der Waals surface area contributed by atoms with Gasteiger partial charge in [-0.25, -0.2) is 0 Å². The molecule has 2 aromatic rings. The summed E-state index contributed by atoms with van der Waals surface area (Å²) in [7, 11) is 0. The molecular formula is C31H46NO2+. The van der Waals surface area contributed by atoms with E-state index < -0.39 is 0 Å². The number of nitrogens with zero attached hydrogens (tertiary/aromatic N) is 1. The average Bonchev–Trinajstić information content (AvgIpc) is 2.87. The largest absolute Gasteiger partial charge is 0.294 e. The molecule has 34 heavy (non-hydrogen) atoms. The number of Topliss-reactive ketones (excluding diaryl/α,β-unsaturated/α-hetero) is 2. The monoisotopic (exact) mass is 464 g/mol. The standard InChI is InChI=1S/C31H46NO2/c1-2-3-4-5-6-7-8-9-10-11-12-13-14-15-19-22-30(33)29-23-25-32(26-24-29)27-31(34)28-20-17-16-18-21-28/h16-18,20-21,23-26H,2-15,19,22,27H2,1H3/q+1. The Balaban J connectivity index is 1.46. The van der Waals surface area contributed by atoms with Crippen LogP contribution >= 0.6 is 0 Å². The Morgan fingerprint density at radius 2 is 1.00 bits per heavy atom. The zero-order chi connectivity index (χ0) is 24.3.